The average molecular weight is 151 g/mol. The highest BCUT2D eigenvalue weighted by Crippen LogP contribution is 2.02. The Kier molecular flexibility index (Phi) is 5.26. The molecule has 0 saturated carbocycles. The molecule has 0 fully saturated rings. The van der Waals surface area contributed by atoms with Gasteiger partial charge < -0.3 is 5.32 Å². The van der Waals surface area contributed by atoms with Gasteiger partial charge in [0, 0.05) is 12.2 Å². The summed E-state index contributed by atoms with van der Waals surface area (Å²) >= 11 is 0. The number of hydrogen-bond acceptors (Lipinski definition) is 1. The lowest BCUT2D eigenvalue weighted by Crippen LogP contribution is -2.11. The van der Waals surface area contributed by atoms with Crippen LogP contribution in [0, 0.1) is 0 Å². The molecule has 0 aromatic rings. The molecular formula is C10H17N. The van der Waals surface area contributed by atoms with E-state index in [1.165, 1.54) is 5.57 Å². The number of hydrogen-bond donors (Lipinski definition) is 1. The summed E-state index contributed by atoms with van der Waals surface area (Å²) in [6.45, 7) is 10.9. The highest BCUT2D eigenvalue weighted by Gasteiger charge is 1.90. The van der Waals surface area contributed by atoms with E-state index in [-0.39, 0.29) is 0 Å². The minimum Gasteiger partial charge on any atom is -0.386 e. The maximum atomic E-state index is 3.88. The van der Waals surface area contributed by atoms with E-state index in [9.17, 15) is 0 Å². The highest BCUT2D eigenvalue weighted by atomic mass is 14.9. The molecule has 0 amide bonds. The third kappa shape index (κ3) is 4.43. The summed E-state index contributed by atoms with van der Waals surface area (Å²) in [6, 6.07) is 0. The molecule has 1 heteroatoms. The van der Waals surface area contributed by atoms with Crippen LogP contribution in [0.2, 0.25) is 0 Å². The molecule has 62 valence electrons. The SMILES string of the molecule is C=C(NCC)/C(C)=C\C=C/C. The quantitative estimate of drug-likeness (QED) is 0.609. The van der Waals surface area contributed by atoms with Gasteiger partial charge in [0.15, 0.2) is 0 Å². The Hall–Kier alpha value is -0.980. The molecule has 0 bridgehead atoms. The zero-order chi connectivity index (χ0) is 8.69. The van der Waals surface area contributed by atoms with Crippen LogP contribution in [0.3, 0.4) is 0 Å². The fourth-order valence-corrected chi connectivity index (χ4v) is 0.694. The first-order valence-corrected chi connectivity index (χ1v) is 3.95. The molecule has 0 saturated heterocycles. The first-order valence-electron chi connectivity index (χ1n) is 3.95. The summed E-state index contributed by atoms with van der Waals surface area (Å²) in [7, 11) is 0. The number of likely N-dealkylation sites (N-methyl/N-ethyl adjacent to an activating group) is 1. The molecule has 0 aliphatic rings. The first kappa shape index (κ1) is 10.0. The van der Waals surface area contributed by atoms with Gasteiger partial charge in [0.25, 0.3) is 0 Å². The van der Waals surface area contributed by atoms with Crippen molar-refractivity contribution in [3.05, 3.63) is 36.1 Å². The summed E-state index contributed by atoms with van der Waals surface area (Å²) < 4.78 is 0. The van der Waals surface area contributed by atoms with E-state index in [1.807, 2.05) is 32.1 Å². The van der Waals surface area contributed by atoms with Gasteiger partial charge in [0.1, 0.15) is 0 Å². The third-order valence-corrected chi connectivity index (χ3v) is 1.40. The first-order chi connectivity index (χ1) is 5.22. The second-order valence-electron chi connectivity index (χ2n) is 2.38. The van der Waals surface area contributed by atoms with E-state index in [0.717, 1.165) is 12.2 Å². The van der Waals surface area contributed by atoms with Gasteiger partial charge in [-0.2, -0.15) is 0 Å². The normalized spacial score (nSPS) is 12.1. The average Bonchev–Trinajstić information content (AvgIpc) is 2.00. The topological polar surface area (TPSA) is 12.0 Å². The number of allylic oxidation sites excluding steroid dienone is 4. The third-order valence-electron chi connectivity index (χ3n) is 1.40. The summed E-state index contributed by atoms with van der Waals surface area (Å²) in [5.74, 6) is 0. The van der Waals surface area contributed by atoms with Crippen molar-refractivity contribution in [1.82, 2.24) is 5.32 Å². The van der Waals surface area contributed by atoms with Gasteiger partial charge in [-0.1, -0.05) is 24.8 Å². The lowest BCUT2D eigenvalue weighted by molar-refractivity contribution is 0.866. The lowest BCUT2D eigenvalue weighted by atomic mass is 10.2. The molecule has 0 radical (unpaired) electrons. The van der Waals surface area contributed by atoms with Crippen LogP contribution < -0.4 is 5.32 Å². The summed E-state index contributed by atoms with van der Waals surface area (Å²) in [5.41, 5.74) is 2.19. The van der Waals surface area contributed by atoms with Crippen molar-refractivity contribution in [2.24, 2.45) is 0 Å². The molecule has 0 spiro atoms. The van der Waals surface area contributed by atoms with Gasteiger partial charge in [-0.05, 0) is 26.3 Å². The molecule has 11 heavy (non-hydrogen) atoms. The van der Waals surface area contributed by atoms with E-state index in [1.54, 1.807) is 0 Å². The smallest absolute Gasteiger partial charge is 0.0296 e. The van der Waals surface area contributed by atoms with Gasteiger partial charge in [0.2, 0.25) is 0 Å². The van der Waals surface area contributed by atoms with E-state index >= 15 is 0 Å². The molecule has 1 N–H and O–H groups in total. The Morgan fingerprint density at radius 2 is 2.18 bits per heavy atom. The van der Waals surface area contributed by atoms with Crippen molar-refractivity contribution < 1.29 is 0 Å². The fraction of sp³-hybridized carbons (Fsp3) is 0.400. The second kappa shape index (κ2) is 5.78. The van der Waals surface area contributed by atoms with Crippen molar-refractivity contribution in [3.63, 3.8) is 0 Å². The van der Waals surface area contributed by atoms with E-state index in [0.29, 0.717) is 0 Å². The van der Waals surface area contributed by atoms with Crippen LogP contribution in [-0.2, 0) is 0 Å². The largest absolute Gasteiger partial charge is 0.386 e. The standard InChI is InChI=1S/C10H17N/c1-5-7-8-9(3)10(4)11-6-2/h5,7-8,11H,4,6H2,1-3H3/b7-5-,9-8-. The van der Waals surface area contributed by atoms with Gasteiger partial charge in [-0.15, -0.1) is 0 Å². The van der Waals surface area contributed by atoms with Crippen LogP contribution in [0.1, 0.15) is 20.8 Å². The van der Waals surface area contributed by atoms with E-state index in [4.69, 9.17) is 0 Å². The van der Waals surface area contributed by atoms with E-state index in [2.05, 4.69) is 18.8 Å². The molecular weight excluding hydrogens is 134 g/mol. The van der Waals surface area contributed by atoms with Crippen molar-refractivity contribution in [2.75, 3.05) is 6.54 Å². The molecule has 0 aromatic carbocycles. The maximum absolute atomic E-state index is 3.88. The van der Waals surface area contributed by atoms with Crippen LogP contribution >= 0.6 is 0 Å². The van der Waals surface area contributed by atoms with Crippen molar-refractivity contribution in [1.29, 1.82) is 0 Å². The lowest BCUT2D eigenvalue weighted by Gasteiger charge is -2.05. The fourth-order valence-electron chi connectivity index (χ4n) is 0.694. The van der Waals surface area contributed by atoms with Crippen molar-refractivity contribution >= 4 is 0 Å². The minimum atomic E-state index is 0.930. The Balaban J connectivity index is 4.00. The molecule has 0 unspecified atom stereocenters. The predicted octanol–water partition coefficient (Wildman–Crippen LogP) is 2.63. The molecule has 0 atom stereocenters. The molecule has 0 aromatic heterocycles. The van der Waals surface area contributed by atoms with Crippen molar-refractivity contribution in [2.45, 2.75) is 20.8 Å². The Morgan fingerprint density at radius 3 is 2.64 bits per heavy atom. The van der Waals surface area contributed by atoms with Crippen LogP contribution in [0.4, 0.5) is 0 Å². The second-order valence-corrected chi connectivity index (χ2v) is 2.38. The summed E-state index contributed by atoms with van der Waals surface area (Å²) in [5, 5.41) is 3.16. The zero-order valence-corrected chi connectivity index (χ0v) is 7.65. The molecule has 0 heterocycles. The van der Waals surface area contributed by atoms with Crippen molar-refractivity contribution in [3.8, 4) is 0 Å². The summed E-state index contributed by atoms with van der Waals surface area (Å²) in [4.78, 5) is 0. The Morgan fingerprint density at radius 1 is 1.55 bits per heavy atom. The van der Waals surface area contributed by atoms with Crippen LogP contribution in [-0.4, -0.2) is 6.54 Å². The van der Waals surface area contributed by atoms with Crippen LogP contribution in [0.15, 0.2) is 36.1 Å². The highest BCUT2D eigenvalue weighted by molar-refractivity contribution is 5.27. The van der Waals surface area contributed by atoms with Crippen LogP contribution in [0.25, 0.3) is 0 Å². The van der Waals surface area contributed by atoms with Gasteiger partial charge in [-0.3, -0.25) is 0 Å². The predicted molar refractivity (Wildman–Crippen MR) is 51.4 cm³/mol. The van der Waals surface area contributed by atoms with Crippen LogP contribution in [0.5, 0.6) is 0 Å². The molecule has 0 aliphatic carbocycles. The Labute approximate surface area is 69.5 Å². The molecule has 0 rings (SSSR count). The number of nitrogens with one attached hydrogen (secondary N) is 1. The maximum Gasteiger partial charge on any atom is 0.0296 e. The summed E-state index contributed by atoms with van der Waals surface area (Å²) in [6.07, 6.45) is 6.06. The zero-order valence-electron chi connectivity index (χ0n) is 7.65. The van der Waals surface area contributed by atoms with Gasteiger partial charge >= 0.3 is 0 Å². The number of rotatable bonds is 4. The van der Waals surface area contributed by atoms with Gasteiger partial charge in [0.05, 0.1) is 0 Å². The van der Waals surface area contributed by atoms with E-state index < -0.39 is 0 Å². The monoisotopic (exact) mass is 151 g/mol. The molecule has 0 aliphatic heterocycles. The van der Waals surface area contributed by atoms with Gasteiger partial charge in [-0.25, -0.2) is 0 Å². The molecule has 1 nitrogen and oxygen atoms in total. The Bertz CT molecular complexity index is 175. The minimum absolute atomic E-state index is 0.930.